The zero-order valence-corrected chi connectivity index (χ0v) is 34.4. The van der Waals surface area contributed by atoms with E-state index in [1.54, 1.807) is 0 Å². The third kappa shape index (κ3) is 12.5. The molecule has 0 spiro atoms. The predicted octanol–water partition coefficient (Wildman–Crippen LogP) is 7.17. The highest BCUT2D eigenvalue weighted by molar-refractivity contribution is 7.89. The summed E-state index contributed by atoms with van der Waals surface area (Å²) in [5, 5.41) is 12.8. The number of nitrogens with zero attached hydrogens (tertiary/aromatic N) is 4. The van der Waals surface area contributed by atoms with Crippen molar-refractivity contribution in [3.8, 4) is 5.75 Å². The number of ether oxygens (including phenoxy) is 2. The quantitative estimate of drug-likeness (QED) is 0.254. The Morgan fingerprint density at radius 3 is 2.02 bits per heavy atom. The maximum absolute atomic E-state index is 13.8. The number of carbonyl (C=O) groups excluding carboxylic acids is 1. The van der Waals surface area contributed by atoms with Crippen molar-refractivity contribution < 1.29 is 45.8 Å². The molecular weight excluding hydrogens is 760 g/mol. The Labute approximate surface area is 325 Å². The van der Waals surface area contributed by atoms with Crippen LogP contribution in [0.2, 0.25) is 0 Å². The molecule has 1 aromatic heterocycles. The predicted molar refractivity (Wildman–Crippen MR) is 205 cm³/mol. The first kappa shape index (κ1) is 43.8. The summed E-state index contributed by atoms with van der Waals surface area (Å²) < 4.78 is 76.1. The number of amides is 2. The molecule has 3 aromatic rings. The van der Waals surface area contributed by atoms with E-state index >= 15 is 0 Å². The number of carboxylic acid groups (broad SMARTS) is 1. The average molecular weight is 812 g/mol. The second-order valence-corrected chi connectivity index (χ2v) is 19.4. The fraction of sp³-hybridized carbons (Fsp3) is 0.553. The lowest BCUT2D eigenvalue weighted by Crippen LogP contribution is -2.60. The van der Waals surface area contributed by atoms with Gasteiger partial charge in [0.15, 0.2) is 5.13 Å². The van der Waals surface area contributed by atoms with Gasteiger partial charge < -0.3 is 29.7 Å². The zero-order chi connectivity index (χ0) is 41.1. The standard InChI is InChI=1S/C30H34F3N5O6S2.C8H18O/c1-29(2,3)20-6-4-19(5-7-20)16-34-26(39)24-17-36(27-35-23-12-13-37(28(40)41)18-25(23)45-27)14-15-38(24)46(42,43)22-10-8-21(9-11-22)44-30(31,32)33;1-7(2,3)9-8(4,5)6/h4-11,24H,12-18H2,1-3H3,(H,34,39)(H,40,41);1-6H3/t24-;/m1./s1. The number of nitrogens with one attached hydrogen (secondary N) is 1. The van der Waals surface area contributed by atoms with Crippen LogP contribution in [0.25, 0.3) is 0 Å². The van der Waals surface area contributed by atoms with Gasteiger partial charge in [0.05, 0.1) is 28.3 Å². The van der Waals surface area contributed by atoms with E-state index in [0.29, 0.717) is 18.1 Å². The Hall–Kier alpha value is -3.93. The third-order valence-corrected chi connectivity index (χ3v) is 11.5. The zero-order valence-electron chi connectivity index (χ0n) is 32.8. The molecule has 2 aliphatic heterocycles. The molecule has 304 valence electrons. The number of halogens is 3. The van der Waals surface area contributed by atoms with Gasteiger partial charge in [-0.15, -0.1) is 13.2 Å². The monoisotopic (exact) mass is 811 g/mol. The van der Waals surface area contributed by atoms with Crippen molar-refractivity contribution in [2.24, 2.45) is 0 Å². The number of sulfonamides is 1. The summed E-state index contributed by atoms with van der Waals surface area (Å²) in [4.78, 5) is 33.5. The van der Waals surface area contributed by atoms with Gasteiger partial charge in [0, 0.05) is 44.0 Å². The van der Waals surface area contributed by atoms with Crippen LogP contribution in [-0.2, 0) is 44.5 Å². The first-order valence-corrected chi connectivity index (χ1v) is 20.1. The van der Waals surface area contributed by atoms with Crippen molar-refractivity contribution in [3.63, 3.8) is 0 Å². The number of hydrogen-bond acceptors (Lipinski definition) is 9. The minimum absolute atomic E-state index is 0.0156. The SMILES string of the molecule is CC(C)(C)OC(C)(C)C.CC(C)(C)c1ccc(CNC(=O)[C@H]2CN(c3nc4c(s3)CN(C(=O)O)CC4)CCN2S(=O)(=O)c2ccc(OC(F)(F)F)cc2)cc1. The highest BCUT2D eigenvalue weighted by Crippen LogP contribution is 2.34. The van der Waals surface area contributed by atoms with Crippen LogP contribution < -0.4 is 15.0 Å². The molecule has 17 heteroatoms. The van der Waals surface area contributed by atoms with Crippen molar-refractivity contribution >= 4 is 38.5 Å². The summed E-state index contributed by atoms with van der Waals surface area (Å²) in [6.07, 6.45) is -5.52. The molecule has 0 unspecified atom stereocenters. The highest BCUT2D eigenvalue weighted by atomic mass is 32.2. The summed E-state index contributed by atoms with van der Waals surface area (Å²) >= 11 is 1.31. The summed E-state index contributed by atoms with van der Waals surface area (Å²) in [6.45, 7) is 19.4. The molecule has 2 amide bonds. The number of rotatable bonds is 7. The molecule has 55 heavy (non-hydrogen) atoms. The number of hydrogen-bond donors (Lipinski definition) is 2. The van der Waals surface area contributed by atoms with Crippen LogP contribution >= 0.6 is 11.3 Å². The van der Waals surface area contributed by atoms with E-state index in [1.807, 2.05) is 29.2 Å². The molecule has 1 saturated heterocycles. The van der Waals surface area contributed by atoms with Gasteiger partial charge in [-0.05, 0) is 82.3 Å². The number of aromatic nitrogens is 1. The molecule has 0 aliphatic carbocycles. The van der Waals surface area contributed by atoms with Crippen LogP contribution in [0.1, 0.15) is 84.0 Å². The van der Waals surface area contributed by atoms with Crippen molar-refractivity contribution in [3.05, 3.63) is 70.2 Å². The first-order valence-electron chi connectivity index (χ1n) is 17.9. The summed E-state index contributed by atoms with van der Waals surface area (Å²) in [7, 11) is -4.33. The number of alkyl halides is 3. The molecule has 2 aliphatic rings. The van der Waals surface area contributed by atoms with E-state index in [2.05, 4.69) is 77.4 Å². The molecule has 0 radical (unpaired) electrons. The Kier molecular flexibility index (Phi) is 13.3. The van der Waals surface area contributed by atoms with Gasteiger partial charge in [0.2, 0.25) is 15.9 Å². The number of benzene rings is 2. The molecular formula is C38H52F3N5O7S2. The lowest BCUT2D eigenvalue weighted by molar-refractivity contribution is -0.274. The highest BCUT2D eigenvalue weighted by Gasteiger charge is 2.41. The maximum atomic E-state index is 13.8. The normalized spacial score (nSPS) is 17.2. The van der Waals surface area contributed by atoms with Crippen LogP contribution in [0.5, 0.6) is 5.75 Å². The van der Waals surface area contributed by atoms with E-state index in [4.69, 9.17) is 4.74 Å². The molecule has 2 aromatic carbocycles. The van der Waals surface area contributed by atoms with Crippen LogP contribution in [0.3, 0.4) is 0 Å². The van der Waals surface area contributed by atoms with Crippen LogP contribution in [0.4, 0.5) is 23.1 Å². The Balaban J connectivity index is 0.000000665. The number of anilines is 1. The van der Waals surface area contributed by atoms with Crippen LogP contribution in [-0.4, -0.2) is 89.5 Å². The van der Waals surface area contributed by atoms with Gasteiger partial charge in [0.1, 0.15) is 11.8 Å². The number of carbonyl (C=O) groups is 2. The van der Waals surface area contributed by atoms with Crippen LogP contribution in [0, 0.1) is 0 Å². The summed E-state index contributed by atoms with van der Waals surface area (Å²) in [6, 6.07) is 10.4. The van der Waals surface area contributed by atoms with E-state index in [1.165, 1.54) is 16.2 Å². The van der Waals surface area contributed by atoms with E-state index in [9.17, 15) is 36.3 Å². The average Bonchev–Trinajstić information content (AvgIpc) is 3.49. The molecule has 0 bridgehead atoms. The Bertz CT molecular complexity index is 1890. The molecule has 1 fully saturated rings. The third-order valence-electron chi connectivity index (χ3n) is 8.46. The Morgan fingerprint density at radius 2 is 1.51 bits per heavy atom. The van der Waals surface area contributed by atoms with Gasteiger partial charge in [-0.3, -0.25) is 4.79 Å². The number of thiazole rings is 1. The summed E-state index contributed by atoms with van der Waals surface area (Å²) in [5.74, 6) is -1.12. The van der Waals surface area contributed by atoms with Gasteiger partial charge in [-0.1, -0.05) is 56.4 Å². The molecule has 5 rings (SSSR count). The minimum atomic E-state index is -4.94. The number of piperazine rings is 1. The van der Waals surface area contributed by atoms with E-state index in [0.717, 1.165) is 50.3 Å². The topological polar surface area (TPSA) is 142 Å². The first-order chi connectivity index (χ1) is 25.2. The minimum Gasteiger partial charge on any atom is -0.465 e. The second-order valence-electron chi connectivity index (χ2n) is 16.4. The van der Waals surface area contributed by atoms with E-state index in [-0.39, 0.29) is 54.2 Å². The molecule has 0 saturated carbocycles. The van der Waals surface area contributed by atoms with Crippen molar-refractivity contribution in [1.29, 1.82) is 0 Å². The number of fused-ring (bicyclic) bond motifs is 1. The smallest absolute Gasteiger partial charge is 0.465 e. The summed E-state index contributed by atoms with van der Waals surface area (Å²) in [5.41, 5.74) is 2.62. The fourth-order valence-corrected chi connectivity index (χ4v) is 8.95. The van der Waals surface area contributed by atoms with Gasteiger partial charge in [-0.2, -0.15) is 4.31 Å². The van der Waals surface area contributed by atoms with Crippen LogP contribution in [0.15, 0.2) is 53.4 Å². The lowest BCUT2D eigenvalue weighted by Gasteiger charge is -2.39. The van der Waals surface area contributed by atoms with Crippen molar-refractivity contribution in [2.45, 2.75) is 116 Å². The molecule has 12 nitrogen and oxygen atoms in total. The second kappa shape index (κ2) is 16.7. The van der Waals surface area contributed by atoms with E-state index < -0.39 is 40.2 Å². The fourth-order valence-electron chi connectivity index (χ4n) is 6.22. The molecule has 1 atom stereocenters. The largest absolute Gasteiger partial charge is 0.573 e. The Morgan fingerprint density at radius 1 is 0.909 bits per heavy atom. The molecule has 3 heterocycles. The van der Waals surface area contributed by atoms with Crippen molar-refractivity contribution in [2.75, 3.05) is 31.1 Å². The van der Waals surface area contributed by atoms with Crippen molar-refractivity contribution in [1.82, 2.24) is 19.5 Å². The molecule has 2 N–H and O–H groups in total. The lowest BCUT2D eigenvalue weighted by atomic mass is 9.87. The van der Waals surface area contributed by atoms with Gasteiger partial charge >= 0.3 is 12.5 Å². The van der Waals surface area contributed by atoms with Gasteiger partial charge in [-0.25, -0.2) is 18.2 Å². The van der Waals surface area contributed by atoms with Gasteiger partial charge in [0.25, 0.3) is 0 Å². The maximum Gasteiger partial charge on any atom is 0.573 e.